The van der Waals surface area contributed by atoms with Gasteiger partial charge >= 0.3 is 0 Å². The van der Waals surface area contributed by atoms with Gasteiger partial charge in [0.25, 0.3) is 0 Å². The number of carbonyl (C=O) groups is 1. The molecule has 0 aliphatic rings. The number of fused-ring (bicyclic) bond motifs is 1. The second kappa shape index (κ2) is 5.49. The fourth-order valence-electron chi connectivity index (χ4n) is 2.60. The van der Waals surface area contributed by atoms with Crippen LogP contribution in [0.5, 0.6) is 0 Å². The average molecular weight is 275 g/mol. The molecular formula is C19H17NO. The molecule has 1 heterocycles. The van der Waals surface area contributed by atoms with Gasteiger partial charge in [0.2, 0.25) is 0 Å². The molecule has 104 valence electrons. The Balaban J connectivity index is 1.99. The average Bonchev–Trinajstić information content (AvgIpc) is 2.50. The Kier molecular flexibility index (Phi) is 3.53. The van der Waals surface area contributed by atoms with Gasteiger partial charge in [-0.1, -0.05) is 48.0 Å². The molecule has 3 rings (SSSR count). The molecule has 0 radical (unpaired) electrons. The van der Waals surface area contributed by atoms with Crippen molar-refractivity contribution < 1.29 is 4.79 Å². The first-order valence-electron chi connectivity index (χ1n) is 7.07. The van der Waals surface area contributed by atoms with Crippen LogP contribution in [-0.2, 0) is 6.42 Å². The van der Waals surface area contributed by atoms with E-state index in [4.69, 9.17) is 0 Å². The largest absolute Gasteiger partial charge is 0.294 e. The van der Waals surface area contributed by atoms with E-state index in [2.05, 4.69) is 23.2 Å². The first-order chi connectivity index (χ1) is 10.1. The number of pyridine rings is 1. The van der Waals surface area contributed by atoms with Crippen molar-refractivity contribution in [2.45, 2.75) is 20.3 Å². The predicted octanol–water partition coefficient (Wildman–Crippen LogP) is 4.28. The highest BCUT2D eigenvalue weighted by atomic mass is 16.1. The van der Waals surface area contributed by atoms with Gasteiger partial charge in [-0.2, -0.15) is 0 Å². The van der Waals surface area contributed by atoms with Gasteiger partial charge in [-0.15, -0.1) is 0 Å². The van der Waals surface area contributed by atoms with Crippen LogP contribution in [0.25, 0.3) is 10.8 Å². The van der Waals surface area contributed by atoms with Crippen molar-refractivity contribution in [3.63, 3.8) is 0 Å². The highest BCUT2D eigenvalue weighted by Gasteiger charge is 2.12. The molecule has 2 nitrogen and oxygen atoms in total. The van der Waals surface area contributed by atoms with Crippen LogP contribution >= 0.6 is 0 Å². The summed E-state index contributed by atoms with van der Waals surface area (Å²) in [6.07, 6.45) is 3.89. The lowest BCUT2D eigenvalue weighted by Gasteiger charge is -2.08. The maximum atomic E-state index is 12.7. The Labute approximate surface area is 124 Å². The Hall–Kier alpha value is -2.48. The maximum Gasteiger partial charge on any atom is 0.169 e. The third-order valence-corrected chi connectivity index (χ3v) is 3.82. The van der Waals surface area contributed by atoms with E-state index in [9.17, 15) is 4.79 Å². The summed E-state index contributed by atoms with van der Waals surface area (Å²) < 4.78 is 0. The number of hydrogen-bond donors (Lipinski definition) is 0. The van der Waals surface area contributed by atoms with E-state index >= 15 is 0 Å². The second-order valence-corrected chi connectivity index (χ2v) is 5.44. The van der Waals surface area contributed by atoms with E-state index in [0.29, 0.717) is 12.0 Å². The molecule has 2 heteroatoms. The van der Waals surface area contributed by atoms with Crippen molar-refractivity contribution in [3.8, 4) is 0 Å². The van der Waals surface area contributed by atoms with E-state index in [1.54, 1.807) is 12.4 Å². The Morgan fingerprint density at radius 2 is 1.86 bits per heavy atom. The lowest BCUT2D eigenvalue weighted by atomic mass is 9.96. The number of nitrogens with zero attached hydrogens (tertiary/aromatic N) is 1. The third-order valence-electron chi connectivity index (χ3n) is 3.82. The molecule has 0 amide bonds. The quantitative estimate of drug-likeness (QED) is 0.668. The molecule has 0 aliphatic heterocycles. The first kappa shape index (κ1) is 13.5. The number of benzene rings is 2. The van der Waals surface area contributed by atoms with Gasteiger partial charge in [-0.3, -0.25) is 9.78 Å². The van der Waals surface area contributed by atoms with Crippen LogP contribution in [-0.4, -0.2) is 10.8 Å². The molecule has 2 aromatic carbocycles. The van der Waals surface area contributed by atoms with Crippen LogP contribution in [0, 0.1) is 13.8 Å². The molecular weight excluding hydrogens is 258 g/mol. The number of carbonyl (C=O) groups excluding carboxylic acids is 1. The number of hydrogen-bond acceptors (Lipinski definition) is 2. The summed E-state index contributed by atoms with van der Waals surface area (Å²) in [4.78, 5) is 16.8. The summed E-state index contributed by atoms with van der Waals surface area (Å²) in [5.41, 5.74) is 4.13. The SMILES string of the molecule is Cc1ccc(C)c(CC(=O)c2cncc3ccccc23)c1. The highest BCUT2D eigenvalue weighted by Crippen LogP contribution is 2.20. The number of aromatic nitrogens is 1. The summed E-state index contributed by atoms with van der Waals surface area (Å²) in [6.45, 7) is 4.09. The summed E-state index contributed by atoms with van der Waals surface area (Å²) in [6, 6.07) is 14.1. The smallest absolute Gasteiger partial charge is 0.169 e. The minimum Gasteiger partial charge on any atom is -0.294 e. The number of Topliss-reactive ketones (excluding diaryl/α,β-unsaturated/α-hetero) is 1. The van der Waals surface area contributed by atoms with Crippen molar-refractivity contribution in [2.24, 2.45) is 0 Å². The van der Waals surface area contributed by atoms with Gasteiger partial charge in [0.1, 0.15) is 0 Å². The maximum absolute atomic E-state index is 12.7. The van der Waals surface area contributed by atoms with Gasteiger partial charge in [-0.05, 0) is 30.4 Å². The molecule has 0 saturated heterocycles. The van der Waals surface area contributed by atoms with Crippen molar-refractivity contribution in [2.75, 3.05) is 0 Å². The third kappa shape index (κ3) is 2.70. The molecule has 0 spiro atoms. The molecule has 0 aliphatic carbocycles. The molecule has 0 bridgehead atoms. The van der Waals surface area contributed by atoms with Crippen molar-refractivity contribution in [3.05, 3.63) is 77.1 Å². The minimum atomic E-state index is 0.119. The molecule has 3 aromatic rings. The van der Waals surface area contributed by atoms with Crippen LogP contribution in [0.2, 0.25) is 0 Å². The second-order valence-electron chi connectivity index (χ2n) is 5.44. The zero-order chi connectivity index (χ0) is 14.8. The highest BCUT2D eigenvalue weighted by molar-refractivity contribution is 6.08. The van der Waals surface area contributed by atoms with Crippen molar-refractivity contribution in [1.29, 1.82) is 0 Å². The zero-order valence-corrected chi connectivity index (χ0v) is 12.3. The molecule has 0 unspecified atom stereocenters. The number of aryl methyl sites for hydroxylation is 2. The topological polar surface area (TPSA) is 30.0 Å². The van der Waals surface area contributed by atoms with Crippen molar-refractivity contribution in [1.82, 2.24) is 4.98 Å². The Bertz CT molecular complexity index is 815. The van der Waals surface area contributed by atoms with Gasteiger partial charge in [0, 0.05) is 29.8 Å². The Morgan fingerprint density at radius 3 is 2.71 bits per heavy atom. The van der Waals surface area contributed by atoms with Gasteiger partial charge in [-0.25, -0.2) is 0 Å². The van der Waals surface area contributed by atoms with E-state index < -0.39 is 0 Å². The van der Waals surface area contributed by atoms with Gasteiger partial charge in [0.15, 0.2) is 5.78 Å². The molecule has 0 fully saturated rings. The van der Waals surface area contributed by atoms with Gasteiger partial charge in [0.05, 0.1) is 0 Å². The summed E-state index contributed by atoms with van der Waals surface area (Å²) in [5.74, 6) is 0.119. The van der Waals surface area contributed by atoms with E-state index in [1.807, 2.05) is 38.1 Å². The fourth-order valence-corrected chi connectivity index (χ4v) is 2.60. The minimum absolute atomic E-state index is 0.119. The predicted molar refractivity (Wildman–Crippen MR) is 85.7 cm³/mol. The van der Waals surface area contributed by atoms with Crippen LogP contribution in [0.4, 0.5) is 0 Å². The summed E-state index contributed by atoms with van der Waals surface area (Å²) in [5, 5.41) is 1.98. The first-order valence-corrected chi connectivity index (χ1v) is 7.07. The normalized spacial score (nSPS) is 10.8. The van der Waals surface area contributed by atoms with E-state index in [0.717, 1.165) is 21.9 Å². The van der Waals surface area contributed by atoms with Crippen molar-refractivity contribution >= 4 is 16.6 Å². The van der Waals surface area contributed by atoms with Gasteiger partial charge < -0.3 is 0 Å². The molecule has 21 heavy (non-hydrogen) atoms. The fraction of sp³-hybridized carbons (Fsp3) is 0.158. The van der Waals surface area contributed by atoms with E-state index in [-0.39, 0.29) is 5.78 Å². The Morgan fingerprint density at radius 1 is 1.05 bits per heavy atom. The van der Waals surface area contributed by atoms with Crippen LogP contribution in [0.15, 0.2) is 54.9 Å². The summed E-state index contributed by atoms with van der Waals surface area (Å²) in [7, 11) is 0. The number of ketones is 1. The lowest BCUT2D eigenvalue weighted by molar-refractivity contribution is 0.0994. The molecule has 0 N–H and O–H groups in total. The lowest BCUT2D eigenvalue weighted by Crippen LogP contribution is -2.06. The summed E-state index contributed by atoms with van der Waals surface area (Å²) >= 11 is 0. The monoisotopic (exact) mass is 275 g/mol. The molecule has 0 saturated carbocycles. The molecule has 1 aromatic heterocycles. The number of rotatable bonds is 3. The van der Waals surface area contributed by atoms with Crippen LogP contribution in [0.1, 0.15) is 27.0 Å². The van der Waals surface area contributed by atoms with Crippen LogP contribution in [0.3, 0.4) is 0 Å². The zero-order valence-electron chi connectivity index (χ0n) is 12.3. The van der Waals surface area contributed by atoms with E-state index in [1.165, 1.54) is 5.56 Å². The standard InChI is InChI=1S/C19H17NO/c1-13-7-8-14(2)16(9-13)10-19(21)18-12-20-11-15-5-3-4-6-17(15)18/h3-9,11-12H,10H2,1-2H3. The molecule has 0 atom stereocenters. The van der Waals surface area contributed by atoms with Crippen LogP contribution < -0.4 is 0 Å².